The van der Waals surface area contributed by atoms with E-state index in [1.165, 1.54) is 105 Å². The maximum atomic E-state index is 2.50. The van der Waals surface area contributed by atoms with Gasteiger partial charge in [0.05, 0.1) is 0 Å². The second kappa shape index (κ2) is 8.87. The normalized spacial score (nSPS) is 17.3. The van der Waals surface area contributed by atoms with Crippen LogP contribution >= 0.6 is 0 Å². The highest BCUT2D eigenvalue weighted by molar-refractivity contribution is 6.15. The molecular formula is C47H32. The number of hydrogen-bond donors (Lipinski definition) is 0. The van der Waals surface area contributed by atoms with Gasteiger partial charge in [-0.25, -0.2) is 0 Å². The molecule has 0 aliphatic heterocycles. The average molecular weight is 597 g/mol. The Morgan fingerprint density at radius 2 is 1.04 bits per heavy atom. The summed E-state index contributed by atoms with van der Waals surface area (Å²) in [6, 6.07) is 48.5. The van der Waals surface area contributed by atoms with E-state index >= 15 is 0 Å². The van der Waals surface area contributed by atoms with Gasteiger partial charge in [-0.2, -0.15) is 0 Å². The van der Waals surface area contributed by atoms with Crippen LogP contribution in [-0.2, 0) is 5.41 Å². The Morgan fingerprint density at radius 1 is 0.468 bits per heavy atom. The Hall–Kier alpha value is -5.46. The molecule has 4 aliphatic carbocycles. The van der Waals surface area contributed by atoms with Crippen LogP contribution in [0.15, 0.2) is 140 Å². The molecule has 0 bridgehead atoms. The summed E-state index contributed by atoms with van der Waals surface area (Å²) in [5.74, 6) is 0.434. The molecule has 0 aromatic heterocycles. The van der Waals surface area contributed by atoms with Crippen molar-refractivity contribution in [2.45, 2.75) is 31.6 Å². The predicted octanol–water partition coefficient (Wildman–Crippen LogP) is 12.6. The fraction of sp³-hybridized carbons (Fsp3) is 0.106. The SMILES string of the molecule is CC1(C)c2cc(C3=CC=C4c5cccc6cccc(c56)C4C3)ccc2-c2ccc(-c3ccc4c(c3)-c3cccc5cccc-4c35)cc21. The fourth-order valence-corrected chi connectivity index (χ4v) is 9.46. The minimum absolute atomic E-state index is 0.0827. The lowest BCUT2D eigenvalue weighted by Crippen LogP contribution is -2.15. The highest BCUT2D eigenvalue weighted by atomic mass is 14.4. The molecule has 0 radical (unpaired) electrons. The summed E-state index contributed by atoms with van der Waals surface area (Å²) in [4.78, 5) is 0. The summed E-state index contributed by atoms with van der Waals surface area (Å²) in [6.07, 6.45) is 5.83. The second-order valence-corrected chi connectivity index (χ2v) is 14.4. The number of fused-ring (bicyclic) bond motifs is 9. The highest BCUT2D eigenvalue weighted by Gasteiger charge is 2.37. The van der Waals surface area contributed by atoms with Gasteiger partial charge in [-0.3, -0.25) is 0 Å². The Morgan fingerprint density at radius 3 is 1.79 bits per heavy atom. The Balaban J connectivity index is 0.961. The molecule has 11 rings (SSSR count). The molecule has 47 heavy (non-hydrogen) atoms. The quantitative estimate of drug-likeness (QED) is 0.186. The average Bonchev–Trinajstić information content (AvgIpc) is 3.70. The molecule has 4 aliphatic rings. The smallest absolute Gasteiger partial charge is 0.0159 e. The van der Waals surface area contributed by atoms with Crippen LogP contribution in [0.2, 0.25) is 0 Å². The largest absolute Gasteiger partial charge is 0.0613 e. The zero-order valence-electron chi connectivity index (χ0n) is 26.6. The van der Waals surface area contributed by atoms with Gasteiger partial charge in [0.15, 0.2) is 0 Å². The van der Waals surface area contributed by atoms with Crippen LogP contribution in [0.25, 0.3) is 77.2 Å². The Bertz CT molecular complexity index is 2610. The lowest BCUT2D eigenvalue weighted by molar-refractivity contribution is 0.660. The zero-order chi connectivity index (χ0) is 31.0. The van der Waals surface area contributed by atoms with E-state index in [0.29, 0.717) is 5.92 Å². The maximum absolute atomic E-state index is 2.50. The molecule has 0 N–H and O–H groups in total. The van der Waals surface area contributed by atoms with Gasteiger partial charge in [0.25, 0.3) is 0 Å². The van der Waals surface area contributed by atoms with Gasteiger partial charge < -0.3 is 0 Å². The number of rotatable bonds is 2. The molecule has 0 heteroatoms. The predicted molar refractivity (Wildman–Crippen MR) is 199 cm³/mol. The molecule has 0 nitrogen and oxygen atoms in total. The van der Waals surface area contributed by atoms with E-state index in [0.717, 1.165) is 6.42 Å². The molecule has 0 spiro atoms. The number of hydrogen-bond acceptors (Lipinski definition) is 0. The molecule has 220 valence electrons. The molecule has 1 unspecified atom stereocenters. The first-order valence-corrected chi connectivity index (χ1v) is 16.9. The summed E-state index contributed by atoms with van der Waals surface area (Å²) in [6.45, 7) is 4.82. The second-order valence-electron chi connectivity index (χ2n) is 14.4. The first-order valence-electron chi connectivity index (χ1n) is 16.9. The summed E-state index contributed by atoms with van der Waals surface area (Å²) >= 11 is 0. The monoisotopic (exact) mass is 596 g/mol. The highest BCUT2D eigenvalue weighted by Crippen LogP contribution is 2.54. The molecular weight excluding hydrogens is 565 g/mol. The number of benzene rings is 7. The Kier molecular flexibility index (Phi) is 4.85. The molecule has 0 saturated carbocycles. The van der Waals surface area contributed by atoms with Gasteiger partial charge >= 0.3 is 0 Å². The topological polar surface area (TPSA) is 0 Å². The van der Waals surface area contributed by atoms with Crippen LogP contribution in [0, 0.1) is 0 Å². The summed E-state index contributed by atoms with van der Waals surface area (Å²) < 4.78 is 0. The lowest BCUT2D eigenvalue weighted by Gasteiger charge is -2.24. The van der Waals surface area contributed by atoms with Crippen molar-refractivity contribution >= 4 is 32.7 Å². The standard InChI is InChI=1S/C47H32/c1-47(2)43-25-31(29-15-19-33-37-11-3-7-27-9-5-13-39(45(27)37)41(33)23-29)17-21-35(43)36-22-18-32(26-44(36)47)30-16-20-34-38-12-4-8-28-10-6-14-40(46(28)38)42(34)24-30/h3-23,25-26,42H,24H2,1-2H3. The van der Waals surface area contributed by atoms with E-state index in [4.69, 9.17) is 0 Å². The van der Waals surface area contributed by atoms with Crippen LogP contribution in [-0.4, -0.2) is 0 Å². The van der Waals surface area contributed by atoms with E-state index in [-0.39, 0.29) is 5.41 Å². The van der Waals surface area contributed by atoms with Crippen molar-refractivity contribution in [1.82, 2.24) is 0 Å². The molecule has 0 heterocycles. The minimum Gasteiger partial charge on any atom is -0.0613 e. The van der Waals surface area contributed by atoms with Gasteiger partial charge in [-0.15, -0.1) is 0 Å². The summed E-state index contributed by atoms with van der Waals surface area (Å²) in [5, 5.41) is 5.51. The zero-order valence-corrected chi connectivity index (χ0v) is 26.6. The molecule has 7 aromatic carbocycles. The van der Waals surface area contributed by atoms with Gasteiger partial charge in [0.2, 0.25) is 0 Å². The van der Waals surface area contributed by atoms with E-state index in [2.05, 4.69) is 153 Å². The van der Waals surface area contributed by atoms with Crippen LogP contribution in [0.1, 0.15) is 54.0 Å². The minimum atomic E-state index is -0.0827. The van der Waals surface area contributed by atoms with Gasteiger partial charge in [0.1, 0.15) is 0 Å². The first-order chi connectivity index (χ1) is 23.0. The molecule has 1 atom stereocenters. The van der Waals surface area contributed by atoms with E-state index in [1.807, 2.05) is 0 Å². The maximum Gasteiger partial charge on any atom is 0.0159 e. The van der Waals surface area contributed by atoms with Crippen molar-refractivity contribution in [3.8, 4) is 44.5 Å². The van der Waals surface area contributed by atoms with Crippen LogP contribution < -0.4 is 0 Å². The van der Waals surface area contributed by atoms with Crippen molar-refractivity contribution in [3.05, 3.63) is 167 Å². The van der Waals surface area contributed by atoms with Crippen molar-refractivity contribution in [2.24, 2.45) is 0 Å². The van der Waals surface area contributed by atoms with Gasteiger partial charge in [0, 0.05) is 11.3 Å². The fourth-order valence-electron chi connectivity index (χ4n) is 9.46. The van der Waals surface area contributed by atoms with E-state index in [9.17, 15) is 0 Å². The Labute approximate surface area is 275 Å². The molecule has 0 fully saturated rings. The molecule has 7 aromatic rings. The lowest BCUT2D eigenvalue weighted by atomic mass is 9.79. The third-order valence-corrected chi connectivity index (χ3v) is 11.8. The van der Waals surface area contributed by atoms with Crippen LogP contribution in [0.5, 0.6) is 0 Å². The molecule has 0 amide bonds. The van der Waals surface area contributed by atoms with Crippen molar-refractivity contribution in [3.63, 3.8) is 0 Å². The van der Waals surface area contributed by atoms with E-state index in [1.54, 1.807) is 0 Å². The van der Waals surface area contributed by atoms with Gasteiger partial charge in [-0.1, -0.05) is 135 Å². The first kappa shape index (κ1) is 25.7. The van der Waals surface area contributed by atoms with Gasteiger partial charge in [-0.05, 0) is 130 Å². The van der Waals surface area contributed by atoms with Crippen LogP contribution in [0.3, 0.4) is 0 Å². The van der Waals surface area contributed by atoms with Crippen LogP contribution in [0.4, 0.5) is 0 Å². The summed E-state index contributed by atoms with van der Waals surface area (Å²) in [7, 11) is 0. The summed E-state index contributed by atoms with van der Waals surface area (Å²) in [5.41, 5.74) is 20.7. The van der Waals surface area contributed by atoms with Crippen molar-refractivity contribution < 1.29 is 0 Å². The van der Waals surface area contributed by atoms with Crippen molar-refractivity contribution in [1.29, 1.82) is 0 Å². The van der Waals surface area contributed by atoms with Crippen molar-refractivity contribution in [2.75, 3.05) is 0 Å². The third kappa shape index (κ3) is 3.33. The number of allylic oxidation sites excluding steroid dienone is 4. The molecule has 0 saturated heterocycles. The third-order valence-electron chi connectivity index (χ3n) is 11.8. The van der Waals surface area contributed by atoms with E-state index < -0.39 is 0 Å².